The van der Waals surface area contributed by atoms with Crippen LogP contribution in [-0.2, 0) is 12.2 Å². The fourth-order valence-electron chi connectivity index (χ4n) is 1.70. The van der Waals surface area contributed by atoms with Crippen molar-refractivity contribution in [1.82, 2.24) is 20.2 Å². The van der Waals surface area contributed by atoms with E-state index >= 15 is 0 Å². The molecule has 0 spiro atoms. The van der Waals surface area contributed by atoms with Gasteiger partial charge in [0, 0.05) is 17.6 Å². The maximum atomic E-state index is 5.63. The molecule has 3 aromatic rings. The number of thiophene rings is 1. The Kier molecular flexibility index (Phi) is 5.20. The van der Waals surface area contributed by atoms with Crippen molar-refractivity contribution in [1.29, 1.82) is 0 Å². The average Bonchev–Trinajstić information content (AvgIpc) is 3.17. The Hall–Kier alpha value is -1.71. The Morgan fingerprint density at radius 2 is 2.23 bits per heavy atom. The number of nitrogens with one attached hydrogen (secondary N) is 1. The van der Waals surface area contributed by atoms with Gasteiger partial charge in [0.2, 0.25) is 5.13 Å². The third kappa shape index (κ3) is 4.39. The number of nitrogen functional groups attached to an aromatic ring is 1. The number of hydrogen-bond donors (Lipinski definition) is 2. The molecule has 114 valence electrons. The Labute approximate surface area is 140 Å². The largest absolute Gasteiger partial charge is 0.384 e. The zero-order valence-electron chi connectivity index (χ0n) is 11.6. The second-order valence-electron chi connectivity index (χ2n) is 4.32. The number of nitrogens with two attached hydrogens (primary N) is 1. The van der Waals surface area contributed by atoms with E-state index in [-0.39, 0.29) is 0 Å². The van der Waals surface area contributed by atoms with Gasteiger partial charge in [-0.05, 0) is 23.9 Å². The predicted molar refractivity (Wildman–Crippen MR) is 92.4 cm³/mol. The van der Waals surface area contributed by atoms with E-state index in [0.29, 0.717) is 17.4 Å². The predicted octanol–water partition coefficient (Wildman–Crippen LogP) is 2.92. The minimum Gasteiger partial charge on any atom is -0.384 e. The Morgan fingerprint density at radius 3 is 3.05 bits per heavy atom. The van der Waals surface area contributed by atoms with E-state index in [0.717, 1.165) is 22.4 Å². The average molecular weight is 350 g/mol. The van der Waals surface area contributed by atoms with Crippen molar-refractivity contribution in [3.8, 4) is 0 Å². The van der Waals surface area contributed by atoms with E-state index in [4.69, 9.17) is 5.73 Å². The van der Waals surface area contributed by atoms with Crippen molar-refractivity contribution in [2.24, 2.45) is 0 Å². The highest BCUT2D eigenvalue weighted by Crippen LogP contribution is 2.27. The minimum atomic E-state index is 0.485. The first-order valence-electron chi connectivity index (χ1n) is 6.59. The summed E-state index contributed by atoms with van der Waals surface area (Å²) in [6.45, 7) is 0.859. The van der Waals surface area contributed by atoms with E-state index in [2.05, 4.69) is 43.0 Å². The lowest BCUT2D eigenvalue weighted by Gasteiger charge is -1.99. The molecule has 3 N–H and O–H groups in total. The molecule has 0 saturated carbocycles. The van der Waals surface area contributed by atoms with Gasteiger partial charge < -0.3 is 11.1 Å². The number of nitrogens with zero attached hydrogens (tertiary/aromatic N) is 4. The van der Waals surface area contributed by atoms with Crippen LogP contribution in [0.4, 0.5) is 10.9 Å². The molecule has 3 rings (SSSR count). The number of rotatable bonds is 7. The molecule has 0 aliphatic carbocycles. The third-order valence-electron chi connectivity index (χ3n) is 2.69. The molecule has 9 heteroatoms. The van der Waals surface area contributed by atoms with E-state index in [1.54, 1.807) is 35.4 Å². The standard InChI is InChI=1S/C13H14N6S3/c14-10-4-6-15-11(17-10)8-21-13-19-18-12(22-13)16-5-3-9-2-1-7-20-9/h1-2,4,6-7H,3,5,8H2,(H,16,18)(H2,14,15,17). The van der Waals surface area contributed by atoms with E-state index in [9.17, 15) is 0 Å². The molecule has 6 nitrogen and oxygen atoms in total. The summed E-state index contributed by atoms with van der Waals surface area (Å²) >= 11 is 4.87. The summed E-state index contributed by atoms with van der Waals surface area (Å²) in [5.74, 6) is 1.82. The van der Waals surface area contributed by atoms with Gasteiger partial charge in [-0.1, -0.05) is 29.2 Å². The summed E-state index contributed by atoms with van der Waals surface area (Å²) < 4.78 is 0.893. The molecule has 0 aliphatic heterocycles. The molecule has 22 heavy (non-hydrogen) atoms. The molecule has 0 radical (unpaired) electrons. The number of hydrogen-bond acceptors (Lipinski definition) is 9. The van der Waals surface area contributed by atoms with Crippen LogP contribution in [-0.4, -0.2) is 26.7 Å². The number of anilines is 2. The summed E-state index contributed by atoms with van der Waals surface area (Å²) in [7, 11) is 0. The Morgan fingerprint density at radius 1 is 1.27 bits per heavy atom. The van der Waals surface area contributed by atoms with Gasteiger partial charge in [-0.25, -0.2) is 9.97 Å². The topological polar surface area (TPSA) is 89.6 Å². The van der Waals surface area contributed by atoms with Crippen molar-refractivity contribution in [2.45, 2.75) is 16.5 Å². The van der Waals surface area contributed by atoms with Crippen LogP contribution >= 0.6 is 34.4 Å². The molecule has 0 saturated heterocycles. The van der Waals surface area contributed by atoms with Gasteiger partial charge >= 0.3 is 0 Å². The van der Waals surface area contributed by atoms with Crippen LogP contribution in [0.3, 0.4) is 0 Å². The zero-order valence-corrected chi connectivity index (χ0v) is 14.0. The van der Waals surface area contributed by atoms with Crippen molar-refractivity contribution < 1.29 is 0 Å². The second-order valence-corrected chi connectivity index (χ2v) is 7.55. The Balaban J connectivity index is 1.46. The number of thioether (sulfide) groups is 1. The SMILES string of the molecule is Nc1ccnc(CSc2nnc(NCCc3cccs3)s2)n1. The molecule has 3 aromatic heterocycles. The first-order valence-corrected chi connectivity index (χ1v) is 9.28. The molecule has 0 aliphatic rings. The lowest BCUT2D eigenvalue weighted by atomic mass is 10.3. The van der Waals surface area contributed by atoms with Crippen molar-refractivity contribution >= 4 is 45.4 Å². The van der Waals surface area contributed by atoms with Crippen LogP contribution < -0.4 is 11.1 Å². The summed E-state index contributed by atoms with van der Waals surface area (Å²) in [5.41, 5.74) is 5.63. The smallest absolute Gasteiger partial charge is 0.206 e. The van der Waals surface area contributed by atoms with Crippen molar-refractivity contribution in [3.05, 3.63) is 40.5 Å². The van der Waals surface area contributed by atoms with E-state index in [1.165, 1.54) is 16.2 Å². The van der Waals surface area contributed by atoms with Crippen molar-refractivity contribution in [3.63, 3.8) is 0 Å². The molecule has 0 atom stereocenters. The third-order valence-corrected chi connectivity index (χ3v) is 5.63. The van der Waals surface area contributed by atoms with Crippen LogP contribution in [0.1, 0.15) is 10.7 Å². The van der Waals surface area contributed by atoms with Crippen LogP contribution in [0.15, 0.2) is 34.1 Å². The van der Waals surface area contributed by atoms with Crippen LogP contribution in [0.25, 0.3) is 0 Å². The summed E-state index contributed by atoms with van der Waals surface area (Å²) in [4.78, 5) is 9.70. The second kappa shape index (κ2) is 7.52. The van der Waals surface area contributed by atoms with Gasteiger partial charge in [0.15, 0.2) is 4.34 Å². The van der Waals surface area contributed by atoms with Gasteiger partial charge in [0.1, 0.15) is 11.6 Å². The lowest BCUT2D eigenvalue weighted by Crippen LogP contribution is -2.03. The molecule has 0 unspecified atom stereocenters. The quantitative estimate of drug-likeness (QED) is 0.633. The molecule has 0 amide bonds. The Bertz CT molecular complexity index is 712. The van der Waals surface area contributed by atoms with Gasteiger partial charge in [0.05, 0.1) is 5.75 Å². The van der Waals surface area contributed by atoms with Crippen molar-refractivity contribution in [2.75, 3.05) is 17.6 Å². The molecular formula is C13H14N6S3. The highest BCUT2D eigenvalue weighted by Gasteiger charge is 2.06. The van der Waals surface area contributed by atoms with Gasteiger partial charge in [0.25, 0.3) is 0 Å². The maximum absolute atomic E-state index is 5.63. The highest BCUT2D eigenvalue weighted by atomic mass is 32.2. The molecule has 0 bridgehead atoms. The van der Waals surface area contributed by atoms with Crippen LogP contribution in [0.2, 0.25) is 0 Å². The fraction of sp³-hybridized carbons (Fsp3) is 0.231. The monoisotopic (exact) mass is 350 g/mol. The minimum absolute atomic E-state index is 0.485. The number of aromatic nitrogens is 4. The zero-order chi connectivity index (χ0) is 15.2. The van der Waals surface area contributed by atoms with Gasteiger partial charge in [-0.2, -0.15) is 0 Å². The summed E-state index contributed by atoms with van der Waals surface area (Å²) in [6.07, 6.45) is 2.66. The summed E-state index contributed by atoms with van der Waals surface area (Å²) in [6, 6.07) is 5.88. The first-order chi connectivity index (χ1) is 10.8. The lowest BCUT2D eigenvalue weighted by molar-refractivity contribution is 0.977. The van der Waals surface area contributed by atoms with E-state index in [1.807, 2.05) is 0 Å². The first kappa shape index (κ1) is 15.2. The van der Waals surface area contributed by atoms with Gasteiger partial charge in [-0.15, -0.1) is 21.5 Å². The maximum Gasteiger partial charge on any atom is 0.206 e. The fourth-order valence-corrected chi connectivity index (χ4v) is 4.05. The molecule has 3 heterocycles. The normalized spacial score (nSPS) is 10.7. The van der Waals surface area contributed by atoms with E-state index < -0.39 is 0 Å². The van der Waals surface area contributed by atoms with Gasteiger partial charge in [-0.3, -0.25) is 0 Å². The van der Waals surface area contributed by atoms with Crippen LogP contribution in [0.5, 0.6) is 0 Å². The van der Waals surface area contributed by atoms with Crippen LogP contribution in [0, 0.1) is 0 Å². The highest BCUT2D eigenvalue weighted by molar-refractivity contribution is 8.00. The molecule has 0 fully saturated rings. The molecule has 0 aromatic carbocycles. The summed E-state index contributed by atoms with van der Waals surface area (Å²) in [5, 5.41) is 14.5. The molecular weight excluding hydrogens is 336 g/mol.